The average molecular weight is 302 g/mol. The number of thiophene rings is 1. The van der Waals surface area contributed by atoms with E-state index in [9.17, 15) is 9.18 Å². The lowest BCUT2D eigenvalue weighted by molar-refractivity contribution is 0.0636. The molecular formula is C16H15FN2OS. The van der Waals surface area contributed by atoms with Gasteiger partial charge in [0.1, 0.15) is 0 Å². The number of halogens is 1. The highest BCUT2D eigenvalue weighted by Gasteiger charge is 2.42. The molecule has 0 saturated heterocycles. The van der Waals surface area contributed by atoms with Gasteiger partial charge >= 0.3 is 0 Å². The van der Waals surface area contributed by atoms with Crippen LogP contribution in [0.2, 0.25) is 0 Å². The predicted octanol–water partition coefficient (Wildman–Crippen LogP) is 3.43. The molecule has 2 aliphatic rings. The fourth-order valence-corrected chi connectivity index (χ4v) is 4.11. The number of carbonyl (C=O) groups excluding carboxylic acids is 1. The van der Waals surface area contributed by atoms with Crippen LogP contribution >= 0.6 is 11.3 Å². The maximum atomic E-state index is 13.3. The van der Waals surface area contributed by atoms with Crippen molar-refractivity contribution >= 4 is 17.2 Å². The fraction of sp³-hybridized carbons (Fsp3) is 0.375. The van der Waals surface area contributed by atoms with Gasteiger partial charge in [-0.2, -0.15) is 4.39 Å². The maximum Gasteiger partial charge on any atom is 0.254 e. The molecule has 2 aromatic heterocycles. The molecule has 2 aromatic rings. The van der Waals surface area contributed by atoms with E-state index in [1.54, 1.807) is 17.4 Å². The van der Waals surface area contributed by atoms with Crippen LogP contribution in [0.15, 0.2) is 29.8 Å². The largest absolute Gasteiger partial charge is 0.331 e. The van der Waals surface area contributed by atoms with Crippen LogP contribution in [0.4, 0.5) is 4.39 Å². The van der Waals surface area contributed by atoms with Gasteiger partial charge in [-0.15, -0.1) is 11.3 Å². The molecule has 0 N–H and O–H groups in total. The summed E-state index contributed by atoms with van der Waals surface area (Å²) in [6.45, 7) is 0.720. The SMILES string of the molecule is O=C(c1ccnc(F)c1)N1CCc2sccc2C1C1CC1. The lowest BCUT2D eigenvalue weighted by Crippen LogP contribution is -2.40. The minimum atomic E-state index is -0.600. The van der Waals surface area contributed by atoms with Crippen molar-refractivity contribution in [3.05, 3.63) is 51.7 Å². The van der Waals surface area contributed by atoms with Crippen molar-refractivity contribution in [3.8, 4) is 0 Å². The van der Waals surface area contributed by atoms with Crippen LogP contribution in [0.25, 0.3) is 0 Å². The normalized spacial score (nSPS) is 21.2. The van der Waals surface area contributed by atoms with Crippen LogP contribution in [0.3, 0.4) is 0 Å². The summed E-state index contributed by atoms with van der Waals surface area (Å²) in [5.41, 5.74) is 1.70. The highest BCUT2D eigenvalue weighted by Crippen LogP contribution is 2.48. The van der Waals surface area contributed by atoms with Crippen molar-refractivity contribution < 1.29 is 9.18 Å². The zero-order valence-corrected chi connectivity index (χ0v) is 12.3. The van der Waals surface area contributed by atoms with E-state index < -0.39 is 5.95 Å². The second kappa shape index (κ2) is 4.91. The Bertz CT molecular complexity index is 695. The van der Waals surface area contributed by atoms with E-state index in [1.807, 2.05) is 4.90 Å². The first-order chi connectivity index (χ1) is 10.2. The summed E-state index contributed by atoms with van der Waals surface area (Å²) in [4.78, 5) is 19.6. The Kier molecular flexibility index (Phi) is 3.03. The molecule has 1 aliphatic carbocycles. The second-order valence-electron chi connectivity index (χ2n) is 5.70. The summed E-state index contributed by atoms with van der Waals surface area (Å²) in [6.07, 6.45) is 4.60. The van der Waals surface area contributed by atoms with Gasteiger partial charge in [0.05, 0.1) is 6.04 Å². The minimum absolute atomic E-state index is 0.0787. The highest BCUT2D eigenvalue weighted by molar-refractivity contribution is 7.10. The summed E-state index contributed by atoms with van der Waals surface area (Å²) in [5.74, 6) is -0.114. The number of pyridine rings is 1. The molecule has 1 aliphatic heterocycles. The number of aromatic nitrogens is 1. The molecule has 4 rings (SSSR count). The van der Waals surface area contributed by atoms with E-state index in [2.05, 4.69) is 16.4 Å². The fourth-order valence-electron chi connectivity index (χ4n) is 3.20. The van der Waals surface area contributed by atoms with Crippen LogP contribution < -0.4 is 0 Å². The molecule has 0 aromatic carbocycles. The molecule has 1 atom stereocenters. The van der Waals surface area contributed by atoms with Gasteiger partial charge in [0.25, 0.3) is 5.91 Å². The van der Waals surface area contributed by atoms with Gasteiger partial charge in [0.15, 0.2) is 0 Å². The standard InChI is InChI=1S/C16H15FN2OS/c17-14-9-11(3-6-18-14)16(20)19-7-4-13-12(5-8-21-13)15(19)10-1-2-10/h3,5-6,8-10,15H,1-2,4,7H2. The van der Waals surface area contributed by atoms with Crippen molar-refractivity contribution in [3.63, 3.8) is 0 Å². The molecule has 1 fully saturated rings. The molecule has 3 heterocycles. The highest BCUT2D eigenvalue weighted by atomic mass is 32.1. The van der Waals surface area contributed by atoms with E-state index in [0.717, 1.165) is 13.0 Å². The first-order valence-electron chi connectivity index (χ1n) is 7.23. The van der Waals surface area contributed by atoms with E-state index in [-0.39, 0.29) is 11.9 Å². The topological polar surface area (TPSA) is 33.2 Å². The molecule has 5 heteroatoms. The van der Waals surface area contributed by atoms with E-state index >= 15 is 0 Å². The Morgan fingerprint density at radius 3 is 3.00 bits per heavy atom. The lowest BCUT2D eigenvalue weighted by Gasteiger charge is -2.36. The summed E-state index contributed by atoms with van der Waals surface area (Å²) < 4.78 is 13.3. The number of amides is 1. The monoisotopic (exact) mass is 302 g/mol. The number of hydrogen-bond donors (Lipinski definition) is 0. The first kappa shape index (κ1) is 13.0. The molecule has 3 nitrogen and oxygen atoms in total. The van der Waals surface area contributed by atoms with E-state index in [4.69, 9.17) is 0 Å². The molecule has 1 amide bonds. The van der Waals surface area contributed by atoms with Gasteiger partial charge in [0.2, 0.25) is 5.95 Å². The maximum absolute atomic E-state index is 13.3. The zero-order chi connectivity index (χ0) is 14.4. The number of nitrogens with zero attached hydrogens (tertiary/aromatic N) is 2. The number of hydrogen-bond acceptors (Lipinski definition) is 3. The van der Waals surface area contributed by atoms with Gasteiger partial charge in [-0.25, -0.2) is 4.98 Å². The second-order valence-corrected chi connectivity index (χ2v) is 6.70. The van der Waals surface area contributed by atoms with Crippen LogP contribution in [0, 0.1) is 11.9 Å². The summed E-state index contributed by atoms with van der Waals surface area (Å²) in [7, 11) is 0. The molecule has 0 bridgehead atoms. The van der Waals surface area contributed by atoms with Crippen LogP contribution in [-0.2, 0) is 6.42 Å². The number of fused-ring (bicyclic) bond motifs is 1. The summed E-state index contributed by atoms with van der Waals surface area (Å²) >= 11 is 1.78. The smallest absolute Gasteiger partial charge is 0.254 e. The van der Waals surface area contributed by atoms with Gasteiger partial charge < -0.3 is 4.90 Å². The number of rotatable bonds is 2. The molecule has 108 valence electrons. The molecular weight excluding hydrogens is 287 g/mol. The Labute approximate surface area is 126 Å². The van der Waals surface area contributed by atoms with Gasteiger partial charge in [-0.3, -0.25) is 4.79 Å². The summed E-state index contributed by atoms with van der Waals surface area (Å²) in [6, 6.07) is 5.15. The molecule has 21 heavy (non-hydrogen) atoms. The molecule has 0 radical (unpaired) electrons. The van der Waals surface area contributed by atoms with Crippen LogP contribution in [0.1, 0.15) is 39.7 Å². The van der Waals surface area contributed by atoms with E-state index in [1.165, 1.54) is 35.5 Å². The van der Waals surface area contributed by atoms with Crippen molar-refractivity contribution in [1.29, 1.82) is 0 Å². The quantitative estimate of drug-likeness (QED) is 0.796. The summed E-state index contributed by atoms with van der Waals surface area (Å²) in [5, 5.41) is 2.11. The Morgan fingerprint density at radius 2 is 2.24 bits per heavy atom. The minimum Gasteiger partial charge on any atom is -0.331 e. The van der Waals surface area contributed by atoms with Gasteiger partial charge in [-0.05, 0) is 48.3 Å². The molecule has 1 saturated carbocycles. The average Bonchev–Trinajstić information content (AvgIpc) is 3.22. The Morgan fingerprint density at radius 1 is 1.38 bits per heavy atom. The van der Waals surface area contributed by atoms with Crippen molar-refractivity contribution in [2.24, 2.45) is 5.92 Å². The van der Waals surface area contributed by atoms with Crippen LogP contribution in [-0.4, -0.2) is 22.3 Å². The Hall–Kier alpha value is -1.75. The van der Waals surface area contributed by atoms with Gasteiger partial charge in [-0.1, -0.05) is 0 Å². The zero-order valence-electron chi connectivity index (χ0n) is 11.5. The Balaban J connectivity index is 1.69. The first-order valence-corrected chi connectivity index (χ1v) is 8.11. The van der Waals surface area contributed by atoms with Gasteiger partial charge in [0, 0.05) is 29.2 Å². The van der Waals surface area contributed by atoms with Crippen molar-refractivity contribution in [1.82, 2.24) is 9.88 Å². The number of carbonyl (C=O) groups is 1. The third kappa shape index (κ3) is 2.25. The third-order valence-corrected chi connectivity index (χ3v) is 5.31. The lowest BCUT2D eigenvalue weighted by atomic mass is 9.95. The molecule has 0 spiro atoms. The third-order valence-electron chi connectivity index (χ3n) is 4.32. The molecule has 1 unspecified atom stereocenters. The van der Waals surface area contributed by atoms with E-state index in [0.29, 0.717) is 11.5 Å². The van der Waals surface area contributed by atoms with Crippen LogP contribution in [0.5, 0.6) is 0 Å². The van der Waals surface area contributed by atoms with Crippen molar-refractivity contribution in [2.45, 2.75) is 25.3 Å². The predicted molar refractivity (Wildman–Crippen MR) is 78.7 cm³/mol. The van der Waals surface area contributed by atoms with Crippen molar-refractivity contribution in [2.75, 3.05) is 6.54 Å².